The summed E-state index contributed by atoms with van der Waals surface area (Å²) in [7, 11) is 0.913. The molecular formula is C23H26F3N3O3S. The topological polar surface area (TPSA) is 71.5 Å². The number of aryl methyl sites for hydroxylation is 1. The molecule has 3 heterocycles. The summed E-state index contributed by atoms with van der Waals surface area (Å²) in [5.41, 5.74) is -2.87. The predicted octanol–water partition coefficient (Wildman–Crippen LogP) is 3.77. The lowest BCUT2D eigenvalue weighted by Crippen LogP contribution is -2.60. The van der Waals surface area contributed by atoms with Crippen LogP contribution in [0.5, 0.6) is 0 Å². The first kappa shape index (κ1) is 23.7. The Hall–Kier alpha value is -2.46. The fourth-order valence-corrected chi connectivity index (χ4v) is 6.16. The lowest BCUT2D eigenvalue weighted by Gasteiger charge is -2.49. The molecule has 0 aliphatic carbocycles. The molecule has 2 aliphatic rings. The second kappa shape index (κ2) is 8.72. The molecule has 178 valence electrons. The normalized spacial score (nSPS) is 22.6. The van der Waals surface area contributed by atoms with E-state index in [0.717, 1.165) is 17.8 Å². The first-order valence-corrected chi connectivity index (χ1v) is 11.7. The summed E-state index contributed by atoms with van der Waals surface area (Å²) in [6, 6.07) is 7.01. The highest BCUT2D eigenvalue weighted by atomic mass is 32.1. The molecule has 33 heavy (non-hydrogen) atoms. The van der Waals surface area contributed by atoms with Crippen molar-refractivity contribution in [2.75, 3.05) is 26.7 Å². The number of alkyl halides is 3. The molecule has 2 aromatic rings. The summed E-state index contributed by atoms with van der Waals surface area (Å²) >= 11 is 1.53. The van der Waals surface area contributed by atoms with Crippen LogP contribution in [0.4, 0.5) is 13.2 Å². The van der Waals surface area contributed by atoms with Crippen molar-refractivity contribution in [3.05, 3.63) is 52.0 Å². The molecule has 1 aromatic carbocycles. The molecule has 2 aliphatic heterocycles. The van der Waals surface area contributed by atoms with Crippen LogP contribution >= 0.6 is 11.3 Å². The Morgan fingerprint density at radius 3 is 2.45 bits per heavy atom. The zero-order valence-corrected chi connectivity index (χ0v) is 19.3. The zero-order valence-electron chi connectivity index (χ0n) is 18.4. The van der Waals surface area contributed by atoms with Crippen LogP contribution in [0.25, 0.3) is 0 Å². The fourth-order valence-electron chi connectivity index (χ4n) is 5.12. The fraction of sp³-hybridized carbons (Fsp3) is 0.522. The number of nitrogens with zero attached hydrogens (tertiary/aromatic N) is 2. The highest BCUT2D eigenvalue weighted by Gasteiger charge is 2.64. The number of nitrogens with one attached hydrogen (secondary N) is 1. The van der Waals surface area contributed by atoms with Crippen LogP contribution in [-0.2, 0) is 19.9 Å². The van der Waals surface area contributed by atoms with Gasteiger partial charge in [-0.2, -0.15) is 13.2 Å². The first-order valence-electron chi connectivity index (χ1n) is 10.8. The third kappa shape index (κ3) is 4.03. The molecule has 2 fully saturated rings. The van der Waals surface area contributed by atoms with Crippen LogP contribution in [-0.4, -0.2) is 54.6 Å². The number of aromatic nitrogens is 1. The van der Waals surface area contributed by atoms with Gasteiger partial charge in [0.2, 0.25) is 5.91 Å². The van der Waals surface area contributed by atoms with E-state index in [4.69, 9.17) is 4.74 Å². The van der Waals surface area contributed by atoms with Crippen molar-refractivity contribution in [1.82, 2.24) is 15.2 Å². The number of likely N-dealkylation sites (tertiary alicyclic amines) is 1. The molecule has 1 unspecified atom stereocenters. The third-order valence-electron chi connectivity index (χ3n) is 6.92. The van der Waals surface area contributed by atoms with E-state index in [9.17, 15) is 22.8 Å². The average Bonchev–Trinajstić information content (AvgIpc) is 3.20. The number of amides is 2. The van der Waals surface area contributed by atoms with Crippen molar-refractivity contribution in [3.63, 3.8) is 0 Å². The smallest absolute Gasteiger partial charge is 0.356 e. The number of thiazole rings is 1. The van der Waals surface area contributed by atoms with Gasteiger partial charge in [-0.1, -0.05) is 30.3 Å². The molecule has 0 radical (unpaired) electrons. The Morgan fingerprint density at radius 1 is 1.24 bits per heavy atom. The Labute approximate surface area is 194 Å². The summed E-state index contributed by atoms with van der Waals surface area (Å²) in [5.74, 6) is -1.24. The van der Waals surface area contributed by atoms with Crippen LogP contribution < -0.4 is 5.32 Å². The average molecular weight is 482 g/mol. The predicted molar refractivity (Wildman–Crippen MR) is 117 cm³/mol. The second-order valence-corrected chi connectivity index (χ2v) is 9.65. The molecule has 0 bridgehead atoms. The van der Waals surface area contributed by atoms with Gasteiger partial charge in [0.15, 0.2) is 0 Å². The van der Waals surface area contributed by atoms with Crippen molar-refractivity contribution in [1.29, 1.82) is 0 Å². The van der Waals surface area contributed by atoms with Crippen molar-refractivity contribution < 1.29 is 27.5 Å². The number of piperidine rings is 2. The molecule has 6 nitrogen and oxygen atoms in total. The Kier molecular flexibility index (Phi) is 6.26. The number of benzene rings is 1. The van der Waals surface area contributed by atoms with E-state index in [0.29, 0.717) is 19.4 Å². The number of carbonyl (C=O) groups is 2. The molecule has 4 rings (SSSR count). The number of ether oxygens (including phenoxy) is 1. The molecule has 1 aromatic heterocycles. The van der Waals surface area contributed by atoms with Crippen molar-refractivity contribution in [2.45, 2.75) is 43.9 Å². The van der Waals surface area contributed by atoms with Crippen molar-refractivity contribution >= 4 is 23.2 Å². The molecular weight excluding hydrogens is 455 g/mol. The highest BCUT2D eigenvalue weighted by molar-refractivity contribution is 7.09. The standard InChI is InChI=1S/C23H26F3N3O3S/c1-15-14-33-19(28-15)17-13-27-18(30)12-21(17)8-10-29(11-9-21)20(31)22(32-2,23(24,25)26)16-6-4-3-5-7-16/h3-7,14,17H,8-13H2,1-2H3,(H,27,30)/t17?,22-/m1/s1. The van der Waals surface area contributed by atoms with Crippen molar-refractivity contribution in [2.24, 2.45) is 5.41 Å². The van der Waals surface area contributed by atoms with E-state index < -0.39 is 23.1 Å². The molecule has 0 saturated carbocycles. The van der Waals surface area contributed by atoms with Gasteiger partial charge in [-0.05, 0) is 25.2 Å². The monoisotopic (exact) mass is 481 g/mol. The maximum Gasteiger partial charge on any atom is 0.430 e. The van der Waals surface area contributed by atoms with Gasteiger partial charge in [-0.3, -0.25) is 9.59 Å². The lowest BCUT2D eigenvalue weighted by atomic mass is 9.64. The lowest BCUT2D eigenvalue weighted by molar-refractivity contribution is -0.271. The van der Waals surface area contributed by atoms with Crippen LogP contribution in [0, 0.1) is 12.3 Å². The van der Waals surface area contributed by atoms with E-state index in [2.05, 4.69) is 10.3 Å². The summed E-state index contributed by atoms with van der Waals surface area (Å²) in [6.45, 7) is 2.57. The Morgan fingerprint density at radius 2 is 1.91 bits per heavy atom. The maximum absolute atomic E-state index is 14.3. The van der Waals surface area contributed by atoms with E-state index in [-0.39, 0.29) is 36.9 Å². The number of hydrogen-bond acceptors (Lipinski definition) is 5. The van der Waals surface area contributed by atoms with Crippen LogP contribution in [0.15, 0.2) is 35.7 Å². The van der Waals surface area contributed by atoms with Crippen LogP contribution in [0.3, 0.4) is 0 Å². The van der Waals surface area contributed by atoms with Gasteiger partial charge >= 0.3 is 6.18 Å². The number of carbonyl (C=O) groups excluding carboxylic acids is 2. The van der Waals surface area contributed by atoms with Crippen molar-refractivity contribution in [3.8, 4) is 0 Å². The molecule has 1 N–H and O–H groups in total. The zero-order chi connectivity index (χ0) is 23.9. The molecule has 2 saturated heterocycles. The van der Waals surface area contributed by atoms with Gasteiger partial charge in [0, 0.05) is 55.7 Å². The summed E-state index contributed by atoms with van der Waals surface area (Å²) in [5, 5.41) is 5.77. The van der Waals surface area contributed by atoms with Gasteiger partial charge in [0.05, 0.1) is 5.01 Å². The minimum atomic E-state index is -4.94. The number of rotatable bonds is 4. The first-order chi connectivity index (χ1) is 15.6. The SMILES string of the molecule is CO[C@@](C(=O)N1CCC2(CC1)CC(=O)NCC2c1nc(C)cs1)(c1ccccc1)C(F)(F)F. The minimum absolute atomic E-state index is 0.0323. The molecule has 10 heteroatoms. The van der Waals surface area contributed by atoms with Crippen LogP contribution in [0.1, 0.15) is 41.4 Å². The van der Waals surface area contributed by atoms with E-state index in [1.807, 2.05) is 12.3 Å². The summed E-state index contributed by atoms with van der Waals surface area (Å²) < 4.78 is 47.9. The maximum atomic E-state index is 14.3. The summed E-state index contributed by atoms with van der Waals surface area (Å²) in [4.78, 5) is 31.5. The van der Waals surface area contributed by atoms with E-state index in [1.54, 1.807) is 6.07 Å². The third-order valence-corrected chi connectivity index (χ3v) is 8.00. The summed E-state index contributed by atoms with van der Waals surface area (Å²) in [6.07, 6.45) is -3.84. The largest absolute Gasteiger partial charge is 0.430 e. The van der Waals surface area contributed by atoms with Gasteiger partial charge in [0.1, 0.15) is 0 Å². The number of hydrogen-bond donors (Lipinski definition) is 1. The number of halogens is 3. The van der Waals surface area contributed by atoms with E-state index >= 15 is 0 Å². The van der Waals surface area contributed by atoms with Gasteiger partial charge in [-0.25, -0.2) is 4.98 Å². The van der Waals surface area contributed by atoms with Gasteiger partial charge < -0.3 is 15.0 Å². The second-order valence-electron chi connectivity index (χ2n) is 8.76. The number of methoxy groups -OCH3 is 1. The Bertz CT molecular complexity index is 1020. The minimum Gasteiger partial charge on any atom is -0.356 e. The van der Waals surface area contributed by atoms with Gasteiger partial charge in [0.25, 0.3) is 11.5 Å². The highest BCUT2D eigenvalue weighted by Crippen LogP contribution is 2.51. The quantitative estimate of drug-likeness (QED) is 0.722. The molecule has 2 atom stereocenters. The van der Waals surface area contributed by atoms with E-state index in [1.165, 1.54) is 40.5 Å². The Balaban J connectivity index is 1.61. The van der Waals surface area contributed by atoms with Crippen LogP contribution in [0.2, 0.25) is 0 Å². The van der Waals surface area contributed by atoms with Gasteiger partial charge in [-0.15, -0.1) is 11.3 Å². The molecule has 2 amide bonds. The molecule has 1 spiro atoms.